The van der Waals surface area contributed by atoms with E-state index < -0.39 is 0 Å². The summed E-state index contributed by atoms with van der Waals surface area (Å²) in [7, 11) is 1.61. The molecule has 0 aliphatic heterocycles. The normalized spacial score (nSPS) is 22.7. The molecule has 0 N–H and O–H groups in total. The first-order valence-corrected chi connectivity index (χ1v) is 6.14. The van der Waals surface area contributed by atoms with Crippen LogP contribution in [-0.2, 0) is 4.74 Å². The van der Waals surface area contributed by atoms with Crippen molar-refractivity contribution >= 4 is 0 Å². The highest BCUT2D eigenvalue weighted by Gasteiger charge is 2.43. The first kappa shape index (κ1) is 11.9. The van der Waals surface area contributed by atoms with Gasteiger partial charge in [-0.3, -0.25) is 0 Å². The number of hydrogen-bond donors (Lipinski definition) is 0. The van der Waals surface area contributed by atoms with Gasteiger partial charge in [0, 0.05) is 7.11 Å². The van der Waals surface area contributed by atoms with Crippen molar-refractivity contribution in [3.63, 3.8) is 0 Å². The van der Waals surface area contributed by atoms with Gasteiger partial charge in [-0.1, -0.05) is 35.5 Å². The van der Waals surface area contributed by atoms with Crippen molar-refractivity contribution < 1.29 is 9.26 Å². The Morgan fingerprint density at radius 3 is 2.84 bits per heavy atom. The molecular weight excluding hydrogens is 242 g/mol. The molecule has 1 aromatic carbocycles. The second-order valence-electron chi connectivity index (χ2n) is 4.60. The highest BCUT2D eigenvalue weighted by atomic mass is 16.5. The van der Waals surface area contributed by atoms with Crippen LogP contribution in [0.25, 0.3) is 0 Å². The van der Waals surface area contributed by atoms with E-state index in [0.717, 1.165) is 12.0 Å². The standard InChI is InChI=1S/C14H13N3O2/c1-18-12(9-5-3-2-4-6-9)13-16-14(19-17-13)11-7-10(11)8-15/h2-6,10-12H,7H2,1H3. The van der Waals surface area contributed by atoms with Crippen LogP contribution in [-0.4, -0.2) is 17.3 Å². The van der Waals surface area contributed by atoms with E-state index in [1.807, 2.05) is 30.3 Å². The zero-order valence-electron chi connectivity index (χ0n) is 10.5. The molecule has 5 nitrogen and oxygen atoms in total. The van der Waals surface area contributed by atoms with Gasteiger partial charge in [-0.25, -0.2) is 0 Å². The Morgan fingerprint density at radius 1 is 1.42 bits per heavy atom. The summed E-state index contributed by atoms with van der Waals surface area (Å²) in [4.78, 5) is 4.36. The predicted molar refractivity (Wildman–Crippen MR) is 66.1 cm³/mol. The van der Waals surface area contributed by atoms with E-state index in [1.54, 1.807) is 7.11 Å². The summed E-state index contributed by atoms with van der Waals surface area (Å²) in [6, 6.07) is 12.0. The highest BCUT2D eigenvalue weighted by Crippen LogP contribution is 2.46. The van der Waals surface area contributed by atoms with Crippen molar-refractivity contribution in [2.24, 2.45) is 5.92 Å². The van der Waals surface area contributed by atoms with Crippen LogP contribution >= 0.6 is 0 Å². The molecule has 3 rings (SSSR count). The van der Waals surface area contributed by atoms with E-state index in [2.05, 4.69) is 16.2 Å². The van der Waals surface area contributed by atoms with Crippen LogP contribution in [0.2, 0.25) is 0 Å². The van der Waals surface area contributed by atoms with Gasteiger partial charge in [-0.2, -0.15) is 10.2 Å². The van der Waals surface area contributed by atoms with Crippen LogP contribution in [0, 0.1) is 17.2 Å². The lowest BCUT2D eigenvalue weighted by molar-refractivity contribution is 0.126. The Morgan fingerprint density at radius 2 is 2.21 bits per heavy atom. The molecule has 19 heavy (non-hydrogen) atoms. The van der Waals surface area contributed by atoms with E-state index in [4.69, 9.17) is 14.5 Å². The van der Waals surface area contributed by atoms with Crippen molar-refractivity contribution in [1.82, 2.24) is 10.1 Å². The summed E-state index contributed by atoms with van der Waals surface area (Å²) in [5.41, 5.74) is 0.977. The minimum absolute atomic E-state index is 0.0195. The van der Waals surface area contributed by atoms with Gasteiger partial charge in [-0.05, 0) is 12.0 Å². The molecule has 2 aromatic rings. The molecule has 1 heterocycles. The first-order valence-electron chi connectivity index (χ1n) is 6.14. The summed E-state index contributed by atoms with van der Waals surface area (Å²) in [5, 5.41) is 12.8. The lowest BCUT2D eigenvalue weighted by Gasteiger charge is -2.10. The van der Waals surface area contributed by atoms with Gasteiger partial charge >= 0.3 is 0 Å². The van der Waals surface area contributed by atoms with E-state index in [0.29, 0.717) is 11.7 Å². The monoisotopic (exact) mass is 255 g/mol. The summed E-state index contributed by atoms with van der Waals surface area (Å²) >= 11 is 0. The molecule has 3 atom stereocenters. The second kappa shape index (κ2) is 4.82. The topological polar surface area (TPSA) is 71.9 Å². The molecule has 1 aliphatic carbocycles. The Kier molecular flexibility index (Phi) is 3.02. The molecule has 1 fully saturated rings. The quantitative estimate of drug-likeness (QED) is 0.839. The van der Waals surface area contributed by atoms with Gasteiger partial charge in [0.15, 0.2) is 0 Å². The third-order valence-corrected chi connectivity index (χ3v) is 3.30. The van der Waals surface area contributed by atoms with E-state index in [9.17, 15) is 0 Å². The molecule has 1 saturated carbocycles. The van der Waals surface area contributed by atoms with Crippen LogP contribution in [0.3, 0.4) is 0 Å². The maximum atomic E-state index is 8.81. The van der Waals surface area contributed by atoms with E-state index in [1.165, 1.54) is 0 Å². The Balaban J connectivity index is 1.83. The fraction of sp³-hybridized carbons (Fsp3) is 0.357. The molecule has 0 saturated heterocycles. The van der Waals surface area contributed by atoms with Crippen molar-refractivity contribution in [3.8, 4) is 6.07 Å². The van der Waals surface area contributed by atoms with Gasteiger partial charge in [0.25, 0.3) is 0 Å². The van der Waals surface area contributed by atoms with E-state index in [-0.39, 0.29) is 17.9 Å². The average Bonchev–Trinajstić information content (AvgIpc) is 3.11. The minimum Gasteiger partial charge on any atom is -0.369 e. The smallest absolute Gasteiger partial charge is 0.231 e. The maximum absolute atomic E-state index is 8.81. The van der Waals surface area contributed by atoms with Gasteiger partial charge in [-0.15, -0.1) is 0 Å². The molecule has 0 amide bonds. The first-order chi connectivity index (χ1) is 9.33. The maximum Gasteiger partial charge on any atom is 0.231 e. The number of rotatable bonds is 4. The van der Waals surface area contributed by atoms with Crippen LogP contribution in [0.5, 0.6) is 0 Å². The summed E-state index contributed by atoms with van der Waals surface area (Å²) < 4.78 is 10.7. The van der Waals surface area contributed by atoms with Gasteiger partial charge in [0.05, 0.1) is 17.9 Å². The zero-order chi connectivity index (χ0) is 13.2. The third-order valence-electron chi connectivity index (χ3n) is 3.30. The largest absolute Gasteiger partial charge is 0.369 e. The molecule has 0 radical (unpaired) electrons. The fourth-order valence-electron chi connectivity index (χ4n) is 2.13. The number of hydrogen-bond acceptors (Lipinski definition) is 5. The van der Waals surface area contributed by atoms with Gasteiger partial charge < -0.3 is 9.26 Å². The van der Waals surface area contributed by atoms with Crippen LogP contribution < -0.4 is 0 Å². The van der Waals surface area contributed by atoms with Gasteiger partial charge in [0.2, 0.25) is 11.7 Å². The molecule has 0 bridgehead atoms. The van der Waals surface area contributed by atoms with Gasteiger partial charge in [0.1, 0.15) is 6.10 Å². The number of benzene rings is 1. The summed E-state index contributed by atoms with van der Waals surface area (Å²) in [6.45, 7) is 0. The van der Waals surface area contributed by atoms with Crippen molar-refractivity contribution in [1.29, 1.82) is 5.26 Å². The number of ether oxygens (including phenoxy) is 1. The number of nitrogens with zero attached hydrogens (tertiary/aromatic N) is 3. The molecule has 0 spiro atoms. The van der Waals surface area contributed by atoms with Crippen LogP contribution in [0.1, 0.15) is 35.7 Å². The van der Waals surface area contributed by atoms with Crippen LogP contribution in [0.15, 0.2) is 34.9 Å². The van der Waals surface area contributed by atoms with Crippen molar-refractivity contribution in [2.75, 3.05) is 7.11 Å². The zero-order valence-corrected chi connectivity index (χ0v) is 10.5. The van der Waals surface area contributed by atoms with Crippen molar-refractivity contribution in [3.05, 3.63) is 47.6 Å². The fourth-order valence-corrected chi connectivity index (χ4v) is 2.13. The predicted octanol–water partition coefficient (Wildman–Crippen LogP) is 2.43. The Hall–Kier alpha value is -2.19. The molecular formula is C14H13N3O2. The molecule has 3 unspecified atom stereocenters. The Bertz CT molecular complexity index is 603. The molecule has 1 aliphatic rings. The average molecular weight is 255 g/mol. The number of methoxy groups -OCH3 is 1. The second-order valence-corrected chi connectivity index (χ2v) is 4.60. The summed E-state index contributed by atoms with van der Waals surface area (Å²) in [5.74, 6) is 1.16. The molecule has 1 aromatic heterocycles. The Labute approximate surface area is 110 Å². The lowest BCUT2D eigenvalue weighted by Crippen LogP contribution is -2.05. The summed E-state index contributed by atoms with van der Waals surface area (Å²) in [6.07, 6.45) is 0.471. The molecule has 96 valence electrons. The third kappa shape index (κ3) is 2.23. The highest BCUT2D eigenvalue weighted by molar-refractivity contribution is 5.23. The van der Waals surface area contributed by atoms with Crippen molar-refractivity contribution in [2.45, 2.75) is 18.4 Å². The SMILES string of the molecule is COC(c1ccccc1)c1noc(C2CC2C#N)n1. The van der Waals surface area contributed by atoms with Crippen LogP contribution in [0.4, 0.5) is 0 Å². The number of nitriles is 1. The molecule has 5 heteroatoms. The lowest BCUT2D eigenvalue weighted by atomic mass is 10.1. The number of aromatic nitrogens is 2. The van der Waals surface area contributed by atoms with E-state index >= 15 is 0 Å². The minimum atomic E-state index is -0.335.